The SMILES string of the molecule is CCC1(C(=O)OC)NC(c2ccc(O)cc2)C2C(=O)N(C)C(=O)C21. The van der Waals surface area contributed by atoms with Gasteiger partial charge in [-0.1, -0.05) is 19.1 Å². The summed E-state index contributed by atoms with van der Waals surface area (Å²) in [5.41, 5.74) is -0.502. The molecular weight excluding hydrogens is 312 g/mol. The van der Waals surface area contributed by atoms with Gasteiger partial charge in [0.15, 0.2) is 0 Å². The summed E-state index contributed by atoms with van der Waals surface area (Å²) in [5, 5.41) is 12.7. The lowest BCUT2D eigenvalue weighted by atomic mass is 9.78. The molecule has 0 bridgehead atoms. The first-order valence-corrected chi connectivity index (χ1v) is 7.83. The van der Waals surface area contributed by atoms with Crippen LogP contribution in [0.5, 0.6) is 5.75 Å². The molecule has 2 saturated heterocycles. The molecule has 1 aromatic carbocycles. The number of esters is 1. The molecule has 2 heterocycles. The van der Waals surface area contributed by atoms with Crippen molar-refractivity contribution in [3.8, 4) is 5.75 Å². The number of nitrogens with one attached hydrogen (secondary N) is 1. The summed E-state index contributed by atoms with van der Waals surface area (Å²) in [5.74, 6) is -2.59. The number of ether oxygens (including phenoxy) is 1. The second kappa shape index (κ2) is 5.59. The van der Waals surface area contributed by atoms with Crippen molar-refractivity contribution in [3.63, 3.8) is 0 Å². The largest absolute Gasteiger partial charge is 0.508 e. The fraction of sp³-hybridized carbons (Fsp3) is 0.471. The van der Waals surface area contributed by atoms with Crippen molar-refractivity contribution < 1.29 is 24.2 Å². The van der Waals surface area contributed by atoms with Gasteiger partial charge in [0.05, 0.1) is 18.9 Å². The normalized spacial score (nSPS) is 32.1. The third-order valence-corrected chi connectivity index (χ3v) is 5.23. The van der Waals surface area contributed by atoms with E-state index < -0.39 is 29.4 Å². The lowest BCUT2D eigenvalue weighted by Gasteiger charge is -2.30. The average Bonchev–Trinajstić information content (AvgIpc) is 3.05. The lowest BCUT2D eigenvalue weighted by molar-refractivity contribution is -0.154. The summed E-state index contributed by atoms with van der Waals surface area (Å²) in [6.45, 7) is 1.79. The van der Waals surface area contributed by atoms with Gasteiger partial charge in [-0.2, -0.15) is 0 Å². The van der Waals surface area contributed by atoms with Gasteiger partial charge in [0.1, 0.15) is 11.3 Å². The molecule has 7 nitrogen and oxygen atoms in total. The molecule has 2 N–H and O–H groups in total. The first-order valence-electron chi connectivity index (χ1n) is 7.83. The molecule has 0 radical (unpaired) electrons. The molecule has 0 saturated carbocycles. The van der Waals surface area contributed by atoms with Gasteiger partial charge in [0.25, 0.3) is 0 Å². The van der Waals surface area contributed by atoms with Gasteiger partial charge in [0, 0.05) is 13.1 Å². The molecule has 7 heteroatoms. The van der Waals surface area contributed by atoms with E-state index in [0.717, 1.165) is 10.5 Å². The third-order valence-electron chi connectivity index (χ3n) is 5.23. The van der Waals surface area contributed by atoms with Crippen LogP contribution >= 0.6 is 0 Å². The minimum absolute atomic E-state index is 0.106. The topological polar surface area (TPSA) is 95.9 Å². The van der Waals surface area contributed by atoms with Crippen molar-refractivity contribution in [2.45, 2.75) is 24.9 Å². The Morgan fingerprint density at radius 2 is 1.92 bits per heavy atom. The Labute approximate surface area is 139 Å². The van der Waals surface area contributed by atoms with Crippen LogP contribution in [-0.2, 0) is 19.1 Å². The molecule has 24 heavy (non-hydrogen) atoms. The maximum Gasteiger partial charge on any atom is 0.326 e. The zero-order chi connectivity index (χ0) is 17.6. The second-order valence-electron chi connectivity index (χ2n) is 6.27. The van der Waals surface area contributed by atoms with E-state index in [4.69, 9.17) is 4.74 Å². The van der Waals surface area contributed by atoms with Crippen LogP contribution < -0.4 is 5.32 Å². The highest BCUT2D eigenvalue weighted by Crippen LogP contribution is 2.50. The Balaban J connectivity index is 2.12. The van der Waals surface area contributed by atoms with Crippen LogP contribution in [0.2, 0.25) is 0 Å². The van der Waals surface area contributed by atoms with Crippen molar-refractivity contribution in [2.75, 3.05) is 14.2 Å². The number of carbonyl (C=O) groups excluding carboxylic acids is 3. The third kappa shape index (κ3) is 2.04. The number of imide groups is 1. The van der Waals surface area contributed by atoms with Crippen LogP contribution in [0.1, 0.15) is 24.9 Å². The standard InChI is InChI=1S/C17H20N2O5/c1-4-17(16(23)24-3)12-11(14(21)19(2)15(12)22)13(18-17)9-5-7-10(20)8-6-9/h5-8,11-13,18,20H,4H2,1-3H3. The number of rotatable bonds is 3. The lowest BCUT2D eigenvalue weighted by Crippen LogP contribution is -2.55. The van der Waals surface area contributed by atoms with Crippen LogP contribution in [0.25, 0.3) is 0 Å². The molecule has 1 aromatic rings. The number of carbonyl (C=O) groups is 3. The van der Waals surface area contributed by atoms with E-state index in [2.05, 4.69) is 5.32 Å². The maximum absolute atomic E-state index is 12.6. The predicted octanol–water partition coefficient (Wildman–Crippen LogP) is 0.589. The number of phenols is 1. The van der Waals surface area contributed by atoms with Crippen molar-refractivity contribution in [3.05, 3.63) is 29.8 Å². The van der Waals surface area contributed by atoms with Gasteiger partial charge in [-0.25, -0.2) is 0 Å². The zero-order valence-electron chi connectivity index (χ0n) is 13.8. The first-order chi connectivity index (χ1) is 11.4. The minimum Gasteiger partial charge on any atom is -0.508 e. The van der Waals surface area contributed by atoms with E-state index in [-0.39, 0.29) is 17.6 Å². The molecule has 0 aromatic heterocycles. The highest BCUT2D eigenvalue weighted by atomic mass is 16.5. The monoisotopic (exact) mass is 332 g/mol. The van der Waals surface area contributed by atoms with E-state index in [1.54, 1.807) is 19.1 Å². The Morgan fingerprint density at radius 3 is 2.46 bits per heavy atom. The highest BCUT2D eigenvalue weighted by Gasteiger charge is 2.67. The van der Waals surface area contributed by atoms with Gasteiger partial charge in [-0.05, 0) is 24.1 Å². The van der Waals surface area contributed by atoms with Gasteiger partial charge >= 0.3 is 5.97 Å². The van der Waals surface area contributed by atoms with Crippen LogP contribution in [0.3, 0.4) is 0 Å². The fourth-order valence-corrected chi connectivity index (χ4v) is 3.95. The number of fused-ring (bicyclic) bond motifs is 1. The summed E-state index contributed by atoms with van der Waals surface area (Å²) < 4.78 is 4.94. The average molecular weight is 332 g/mol. The molecule has 3 rings (SSSR count). The van der Waals surface area contributed by atoms with E-state index in [1.165, 1.54) is 26.3 Å². The number of aromatic hydroxyl groups is 1. The molecule has 2 fully saturated rings. The number of methoxy groups -OCH3 is 1. The van der Waals surface area contributed by atoms with Crippen molar-refractivity contribution in [1.82, 2.24) is 10.2 Å². The van der Waals surface area contributed by atoms with Crippen molar-refractivity contribution >= 4 is 17.8 Å². The minimum atomic E-state index is -1.24. The number of phenolic OH excluding ortho intramolecular Hbond substituents is 1. The summed E-state index contributed by atoms with van der Waals surface area (Å²) >= 11 is 0. The molecule has 2 amide bonds. The highest BCUT2D eigenvalue weighted by molar-refractivity contribution is 6.09. The van der Waals surface area contributed by atoms with Gasteiger partial charge in [-0.15, -0.1) is 0 Å². The molecule has 0 aliphatic carbocycles. The Bertz CT molecular complexity index is 701. The number of hydrogen-bond acceptors (Lipinski definition) is 6. The zero-order valence-corrected chi connectivity index (χ0v) is 13.8. The van der Waals surface area contributed by atoms with Crippen LogP contribution in [-0.4, -0.2) is 47.5 Å². The summed E-state index contributed by atoms with van der Waals surface area (Å²) in [4.78, 5) is 38.9. The van der Waals surface area contributed by atoms with Gasteiger partial charge in [-0.3, -0.25) is 24.6 Å². The molecule has 4 unspecified atom stereocenters. The Morgan fingerprint density at radius 1 is 1.29 bits per heavy atom. The number of amides is 2. The van der Waals surface area contributed by atoms with Gasteiger partial charge in [0.2, 0.25) is 11.8 Å². The first kappa shape index (κ1) is 16.4. The molecule has 128 valence electrons. The molecule has 4 atom stereocenters. The van der Waals surface area contributed by atoms with Crippen LogP contribution in [0.4, 0.5) is 0 Å². The summed E-state index contributed by atoms with van der Waals surface area (Å²) in [6.07, 6.45) is 0.322. The quantitative estimate of drug-likeness (QED) is 0.621. The number of hydrogen-bond donors (Lipinski definition) is 2. The van der Waals surface area contributed by atoms with E-state index in [9.17, 15) is 19.5 Å². The van der Waals surface area contributed by atoms with E-state index in [1.807, 2.05) is 0 Å². The van der Waals surface area contributed by atoms with Crippen molar-refractivity contribution in [2.24, 2.45) is 11.8 Å². The number of nitrogens with zero attached hydrogens (tertiary/aromatic N) is 1. The van der Waals surface area contributed by atoms with Crippen LogP contribution in [0, 0.1) is 11.8 Å². The molecule has 0 spiro atoms. The summed E-state index contributed by atoms with van der Waals surface area (Å²) in [6, 6.07) is 5.89. The predicted molar refractivity (Wildman–Crippen MR) is 83.8 cm³/mol. The number of benzene rings is 1. The number of likely N-dealkylation sites (tertiary alicyclic amines) is 1. The summed E-state index contributed by atoms with van der Waals surface area (Å²) in [7, 11) is 2.71. The van der Waals surface area contributed by atoms with Crippen molar-refractivity contribution in [1.29, 1.82) is 0 Å². The van der Waals surface area contributed by atoms with E-state index >= 15 is 0 Å². The Kier molecular flexibility index (Phi) is 3.83. The van der Waals surface area contributed by atoms with Crippen LogP contribution in [0.15, 0.2) is 24.3 Å². The maximum atomic E-state index is 12.6. The van der Waals surface area contributed by atoms with Gasteiger partial charge < -0.3 is 9.84 Å². The molecule has 2 aliphatic rings. The van der Waals surface area contributed by atoms with E-state index in [0.29, 0.717) is 6.42 Å². The fourth-order valence-electron chi connectivity index (χ4n) is 3.95. The molecular formula is C17H20N2O5. The second-order valence-corrected chi connectivity index (χ2v) is 6.27. The smallest absolute Gasteiger partial charge is 0.326 e. The Hall–Kier alpha value is -2.41. The molecule has 2 aliphatic heterocycles.